The molecule has 1 aromatic heterocycles. The van der Waals surface area contributed by atoms with Crippen molar-refractivity contribution in [3.63, 3.8) is 0 Å². The van der Waals surface area contributed by atoms with Crippen molar-refractivity contribution < 1.29 is 4.79 Å². The molecular formula is C22H25N3O2S. The zero-order valence-electron chi connectivity index (χ0n) is 16.3. The summed E-state index contributed by atoms with van der Waals surface area (Å²) in [6.07, 6.45) is 2.73. The summed E-state index contributed by atoms with van der Waals surface area (Å²) in [4.78, 5) is 30.0. The van der Waals surface area contributed by atoms with Gasteiger partial charge in [-0.3, -0.25) is 14.2 Å². The molecule has 0 atom stereocenters. The molecular weight excluding hydrogens is 370 g/mol. The van der Waals surface area contributed by atoms with Gasteiger partial charge in [-0.25, -0.2) is 4.98 Å². The molecule has 146 valence electrons. The lowest BCUT2D eigenvalue weighted by molar-refractivity contribution is -0.113. The molecule has 0 aliphatic rings. The predicted molar refractivity (Wildman–Crippen MR) is 116 cm³/mol. The Bertz CT molecular complexity index is 1030. The molecule has 0 saturated carbocycles. The van der Waals surface area contributed by atoms with Gasteiger partial charge in [0.15, 0.2) is 5.16 Å². The molecule has 3 aromatic rings. The Morgan fingerprint density at radius 3 is 2.64 bits per heavy atom. The average Bonchev–Trinajstić information content (AvgIpc) is 2.72. The Labute approximate surface area is 169 Å². The fourth-order valence-electron chi connectivity index (χ4n) is 3.04. The average molecular weight is 396 g/mol. The molecule has 0 saturated heterocycles. The highest BCUT2D eigenvalue weighted by Gasteiger charge is 2.13. The number of nitrogens with one attached hydrogen (secondary N) is 1. The number of hydrogen-bond acceptors (Lipinski definition) is 4. The SMILES string of the molecule is CCCCn1c(SCC(=O)Nc2ccccc2CC)nc2ccccc2c1=O. The van der Waals surface area contributed by atoms with Crippen molar-refractivity contribution in [1.29, 1.82) is 0 Å². The van der Waals surface area contributed by atoms with Gasteiger partial charge in [-0.05, 0) is 36.6 Å². The Morgan fingerprint density at radius 2 is 1.86 bits per heavy atom. The number of hydrogen-bond donors (Lipinski definition) is 1. The summed E-state index contributed by atoms with van der Waals surface area (Å²) >= 11 is 1.31. The number of benzene rings is 2. The van der Waals surface area contributed by atoms with E-state index in [1.54, 1.807) is 10.6 Å². The lowest BCUT2D eigenvalue weighted by atomic mass is 10.1. The number of aromatic nitrogens is 2. The molecule has 28 heavy (non-hydrogen) atoms. The molecule has 2 aromatic carbocycles. The van der Waals surface area contributed by atoms with Gasteiger partial charge < -0.3 is 5.32 Å². The number of unbranched alkanes of at least 4 members (excludes halogenated alkanes) is 1. The quantitative estimate of drug-likeness (QED) is 0.451. The highest BCUT2D eigenvalue weighted by atomic mass is 32.2. The number of nitrogens with zero attached hydrogens (tertiary/aromatic N) is 2. The van der Waals surface area contributed by atoms with Gasteiger partial charge in [0.25, 0.3) is 5.56 Å². The number of fused-ring (bicyclic) bond motifs is 1. The van der Waals surface area contributed by atoms with E-state index in [4.69, 9.17) is 0 Å². The highest BCUT2D eigenvalue weighted by molar-refractivity contribution is 7.99. The van der Waals surface area contributed by atoms with Crippen LogP contribution in [0.5, 0.6) is 0 Å². The van der Waals surface area contributed by atoms with E-state index >= 15 is 0 Å². The topological polar surface area (TPSA) is 64.0 Å². The van der Waals surface area contributed by atoms with E-state index in [1.807, 2.05) is 42.5 Å². The Morgan fingerprint density at radius 1 is 1.11 bits per heavy atom. The van der Waals surface area contributed by atoms with Gasteiger partial charge in [-0.1, -0.05) is 62.4 Å². The minimum Gasteiger partial charge on any atom is -0.325 e. The first-order chi connectivity index (χ1) is 13.6. The summed E-state index contributed by atoms with van der Waals surface area (Å²) in [5, 5.41) is 4.18. The first-order valence-electron chi connectivity index (χ1n) is 9.64. The number of para-hydroxylation sites is 2. The Hall–Kier alpha value is -2.60. The van der Waals surface area contributed by atoms with Gasteiger partial charge in [0.05, 0.1) is 16.7 Å². The predicted octanol–water partition coefficient (Wildman–Crippen LogP) is 4.49. The van der Waals surface area contributed by atoms with Crippen LogP contribution in [0, 0.1) is 0 Å². The van der Waals surface area contributed by atoms with Crippen LogP contribution >= 0.6 is 11.8 Å². The second-order valence-electron chi connectivity index (χ2n) is 6.57. The van der Waals surface area contributed by atoms with Crippen molar-refractivity contribution >= 4 is 34.3 Å². The zero-order chi connectivity index (χ0) is 19.9. The number of anilines is 1. The van der Waals surface area contributed by atoms with E-state index in [0.717, 1.165) is 30.5 Å². The van der Waals surface area contributed by atoms with Gasteiger partial charge in [0.2, 0.25) is 5.91 Å². The number of aryl methyl sites for hydroxylation is 1. The van der Waals surface area contributed by atoms with E-state index in [2.05, 4.69) is 24.1 Å². The van der Waals surface area contributed by atoms with Crippen LogP contribution < -0.4 is 10.9 Å². The van der Waals surface area contributed by atoms with Crippen molar-refractivity contribution in [2.75, 3.05) is 11.1 Å². The van der Waals surface area contributed by atoms with E-state index in [-0.39, 0.29) is 17.2 Å². The van der Waals surface area contributed by atoms with Crippen LogP contribution in [0.15, 0.2) is 58.5 Å². The van der Waals surface area contributed by atoms with Gasteiger partial charge >= 0.3 is 0 Å². The molecule has 6 heteroatoms. The van der Waals surface area contributed by atoms with Crippen molar-refractivity contribution in [1.82, 2.24) is 9.55 Å². The Balaban J connectivity index is 1.81. The number of carbonyl (C=O) groups is 1. The lowest BCUT2D eigenvalue weighted by Crippen LogP contribution is -2.24. The first-order valence-corrected chi connectivity index (χ1v) is 10.6. The third kappa shape index (κ3) is 4.62. The summed E-state index contributed by atoms with van der Waals surface area (Å²) in [7, 11) is 0. The summed E-state index contributed by atoms with van der Waals surface area (Å²) in [5.41, 5.74) is 2.56. The van der Waals surface area contributed by atoms with E-state index in [9.17, 15) is 9.59 Å². The van der Waals surface area contributed by atoms with Gasteiger partial charge in [0.1, 0.15) is 0 Å². The maximum atomic E-state index is 12.9. The summed E-state index contributed by atoms with van der Waals surface area (Å²) in [6.45, 7) is 4.76. The van der Waals surface area contributed by atoms with E-state index in [0.29, 0.717) is 22.6 Å². The smallest absolute Gasteiger partial charge is 0.262 e. The van der Waals surface area contributed by atoms with E-state index < -0.39 is 0 Å². The van der Waals surface area contributed by atoms with Crippen LogP contribution in [0.25, 0.3) is 10.9 Å². The van der Waals surface area contributed by atoms with Crippen LogP contribution in [-0.4, -0.2) is 21.2 Å². The molecule has 0 radical (unpaired) electrons. The zero-order valence-corrected chi connectivity index (χ0v) is 17.1. The Kier molecular flexibility index (Phi) is 6.87. The van der Waals surface area contributed by atoms with Gasteiger partial charge in [-0.15, -0.1) is 0 Å². The molecule has 1 heterocycles. The monoisotopic (exact) mass is 395 g/mol. The molecule has 0 aliphatic heterocycles. The van der Waals surface area contributed by atoms with E-state index in [1.165, 1.54) is 11.8 Å². The summed E-state index contributed by atoms with van der Waals surface area (Å²) < 4.78 is 1.70. The molecule has 0 aliphatic carbocycles. The fraction of sp³-hybridized carbons (Fsp3) is 0.318. The first kappa shape index (κ1) is 20.1. The highest BCUT2D eigenvalue weighted by Crippen LogP contribution is 2.20. The molecule has 1 N–H and O–H groups in total. The molecule has 3 rings (SSSR count). The molecule has 0 spiro atoms. The van der Waals surface area contributed by atoms with Crippen LogP contribution in [0.3, 0.4) is 0 Å². The summed E-state index contributed by atoms with van der Waals surface area (Å²) in [5.74, 6) is 0.102. The van der Waals surface area contributed by atoms with Crippen LogP contribution in [-0.2, 0) is 17.8 Å². The van der Waals surface area contributed by atoms with Crippen molar-refractivity contribution in [3.8, 4) is 0 Å². The van der Waals surface area contributed by atoms with Crippen LogP contribution in [0.1, 0.15) is 32.3 Å². The standard InChI is InChI=1S/C22H25N3O2S/c1-3-5-14-25-21(27)17-11-7-9-13-19(17)24-22(25)28-15-20(26)23-18-12-8-6-10-16(18)4-2/h6-13H,3-5,14-15H2,1-2H3,(H,23,26). The van der Waals surface area contributed by atoms with Gasteiger partial charge in [0, 0.05) is 12.2 Å². The maximum absolute atomic E-state index is 12.9. The number of carbonyl (C=O) groups excluding carboxylic acids is 1. The van der Waals surface area contributed by atoms with Crippen molar-refractivity contribution in [3.05, 3.63) is 64.4 Å². The minimum absolute atomic E-state index is 0.0433. The fourth-order valence-corrected chi connectivity index (χ4v) is 3.86. The molecule has 1 amide bonds. The van der Waals surface area contributed by atoms with Crippen LogP contribution in [0.2, 0.25) is 0 Å². The number of rotatable bonds is 8. The largest absolute Gasteiger partial charge is 0.325 e. The summed E-state index contributed by atoms with van der Waals surface area (Å²) in [6, 6.07) is 15.2. The number of amides is 1. The lowest BCUT2D eigenvalue weighted by Gasteiger charge is -2.13. The molecule has 0 bridgehead atoms. The van der Waals surface area contributed by atoms with Crippen molar-refractivity contribution in [2.24, 2.45) is 0 Å². The minimum atomic E-state index is -0.102. The van der Waals surface area contributed by atoms with Gasteiger partial charge in [-0.2, -0.15) is 0 Å². The second kappa shape index (κ2) is 9.55. The number of thioether (sulfide) groups is 1. The molecule has 0 fully saturated rings. The molecule has 0 unspecified atom stereocenters. The third-order valence-corrected chi connectivity index (χ3v) is 5.54. The maximum Gasteiger partial charge on any atom is 0.262 e. The molecule has 5 nitrogen and oxygen atoms in total. The second-order valence-corrected chi connectivity index (χ2v) is 7.51. The van der Waals surface area contributed by atoms with Crippen LogP contribution in [0.4, 0.5) is 5.69 Å². The third-order valence-electron chi connectivity index (χ3n) is 4.57. The normalized spacial score (nSPS) is 10.9. The van der Waals surface area contributed by atoms with Crippen molar-refractivity contribution in [2.45, 2.75) is 44.8 Å².